The minimum Gasteiger partial charge on any atom is -0.306 e. The molecule has 1 N–H and O–H groups in total. The number of hydrogen-bond donors (Lipinski definition) is 1. The highest BCUT2D eigenvalue weighted by atomic mass is 19.4. The second kappa shape index (κ2) is 6.42. The third-order valence-corrected chi connectivity index (χ3v) is 3.49. The molecule has 0 radical (unpaired) electrons. The fourth-order valence-corrected chi connectivity index (χ4v) is 2.48. The Bertz CT molecular complexity index is 399. The summed E-state index contributed by atoms with van der Waals surface area (Å²) >= 11 is 0. The van der Waals surface area contributed by atoms with Crippen LogP contribution in [0.25, 0.3) is 0 Å². The summed E-state index contributed by atoms with van der Waals surface area (Å²) in [6.07, 6.45) is -2.19. The van der Waals surface area contributed by atoms with E-state index in [1.807, 2.05) is 32.9 Å². The average Bonchev–Trinajstić information content (AvgIpc) is 2.37. The lowest BCUT2D eigenvalue weighted by Gasteiger charge is -2.26. The zero-order valence-corrected chi connectivity index (χ0v) is 12.0. The van der Waals surface area contributed by atoms with Gasteiger partial charge in [-0.15, -0.1) is 0 Å². The van der Waals surface area contributed by atoms with Crippen molar-refractivity contribution in [3.05, 3.63) is 34.4 Å². The van der Waals surface area contributed by atoms with Crippen LogP contribution in [0, 0.1) is 0 Å². The molecule has 1 atom stereocenters. The summed E-state index contributed by atoms with van der Waals surface area (Å²) < 4.78 is 39.5. The molecule has 4 heteroatoms. The standard InChI is InChI=1S/C15H22F3N/c1-5-10-8-11(6-2)13(12(7-3)9-10)14(19-4)15(16,17)18/h8-9,14,19H,5-7H2,1-4H3. The molecule has 0 saturated carbocycles. The van der Waals surface area contributed by atoms with Crippen molar-refractivity contribution in [3.8, 4) is 0 Å². The van der Waals surface area contributed by atoms with E-state index in [0.717, 1.165) is 23.1 Å². The van der Waals surface area contributed by atoms with Gasteiger partial charge in [0.1, 0.15) is 6.04 Å². The van der Waals surface area contributed by atoms with E-state index in [4.69, 9.17) is 0 Å². The van der Waals surface area contributed by atoms with Gasteiger partial charge in [-0.1, -0.05) is 32.9 Å². The minimum atomic E-state index is -4.27. The van der Waals surface area contributed by atoms with E-state index in [0.29, 0.717) is 18.4 Å². The van der Waals surface area contributed by atoms with E-state index in [1.165, 1.54) is 7.05 Å². The fraction of sp³-hybridized carbons (Fsp3) is 0.600. The van der Waals surface area contributed by atoms with Gasteiger partial charge in [-0.3, -0.25) is 0 Å². The quantitative estimate of drug-likeness (QED) is 0.848. The first kappa shape index (κ1) is 16.0. The molecule has 1 rings (SSSR count). The number of hydrogen-bond acceptors (Lipinski definition) is 1. The van der Waals surface area contributed by atoms with Crippen molar-refractivity contribution in [1.82, 2.24) is 5.32 Å². The van der Waals surface area contributed by atoms with Gasteiger partial charge >= 0.3 is 6.18 Å². The van der Waals surface area contributed by atoms with Gasteiger partial charge in [0.25, 0.3) is 0 Å². The molecule has 1 unspecified atom stereocenters. The van der Waals surface area contributed by atoms with Gasteiger partial charge in [-0.2, -0.15) is 13.2 Å². The van der Waals surface area contributed by atoms with Crippen molar-refractivity contribution in [3.63, 3.8) is 0 Å². The van der Waals surface area contributed by atoms with Crippen molar-refractivity contribution >= 4 is 0 Å². The first-order valence-corrected chi connectivity index (χ1v) is 6.77. The molecule has 0 saturated heterocycles. The van der Waals surface area contributed by atoms with E-state index in [-0.39, 0.29) is 0 Å². The summed E-state index contributed by atoms with van der Waals surface area (Å²) in [5, 5.41) is 2.42. The predicted octanol–water partition coefficient (Wildman–Crippen LogP) is 4.20. The molecule has 0 bridgehead atoms. The summed E-state index contributed by atoms with van der Waals surface area (Å²) in [6.45, 7) is 5.83. The molecule has 0 spiro atoms. The molecule has 0 amide bonds. The third-order valence-electron chi connectivity index (χ3n) is 3.49. The predicted molar refractivity (Wildman–Crippen MR) is 72.4 cm³/mol. The second-order valence-corrected chi connectivity index (χ2v) is 4.65. The maximum absolute atomic E-state index is 13.2. The van der Waals surface area contributed by atoms with E-state index in [2.05, 4.69) is 5.32 Å². The van der Waals surface area contributed by atoms with Crippen molar-refractivity contribution in [2.45, 2.75) is 52.3 Å². The van der Waals surface area contributed by atoms with Gasteiger partial charge in [0.05, 0.1) is 0 Å². The molecule has 19 heavy (non-hydrogen) atoms. The first-order valence-electron chi connectivity index (χ1n) is 6.77. The van der Waals surface area contributed by atoms with Crippen LogP contribution in [0.4, 0.5) is 13.2 Å². The van der Waals surface area contributed by atoms with E-state index >= 15 is 0 Å². The zero-order valence-electron chi connectivity index (χ0n) is 12.0. The highest BCUT2D eigenvalue weighted by molar-refractivity contribution is 5.42. The highest BCUT2D eigenvalue weighted by Crippen LogP contribution is 2.37. The van der Waals surface area contributed by atoms with Crippen LogP contribution in [0.2, 0.25) is 0 Å². The lowest BCUT2D eigenvalue weighted by atomic mass is 9.89. The molecule has 1 nitrogen and oxygen atoms in total. The lowest BCUT2D eigenvalue weighted by molar-refractivity contribution is -0.156. The number of nitrogens with one attached hydrogen (secondary N) is 1. The number of benzene rings is 1. The van der Waals surface area contributed by atoms with Crippen LogP contribution in [0.3, 0.4) is 0 Å². The van der Waals surface area contributed by atoms with Crippen LogP contribution in [0.5, 0.6) is 0 Å². The summed E-state index contributed by atoms with van der Waals surface area (Å²) in [7, 11) is 1.37. The number of aryl methyl sites for hydroxylation is 3. The van der Waals surface area contributed by atoms with E-state index < -0.39 is 12.2 Å². The van der Waals surface area contributed by atoms with Gasteiger partial charge in [0, 0.05) is 0 Å². The Labute approximate surface area is 113 Å². The van der Waals surface area contributed by atoms with Crippen LogP contribution in [-0.2, 0) is 19.3 Å². The first-order chi connectivity index (χ1) is 8.88. The van der Waals surface area contributed by atoms with Gasteiger partial charge in [-0.05, 0) is 48.6 Å². The highest BCUT2D eigenvalue weighted by Gasteiger charge is 2.41. The van der Waals surface area contributed by atoms with Crippen molar-refractivity contribution in [1.29, 1.82) is 0 Å². The van der Waals surface area contributed by atoms with Gasteiger partial charge in [0.2, 0.25) is 0 Å². The summed E-state index contributed by atoms with van der Waals surface area (Å²) in [5.74, 6) is 0. The van der Waals surface area contributed by atoms with Gasteiger partial charge < -0.3 is 5.32 Å². The molecule has 0 aliphatic rings. The van der Waals surface area contributed by atoms with Gasteiger partial charge in [-0.25, -0.2) is 0 Å². The molecule has 0 fully saturated rings. The Morgan fingerprint density at radius 2 is 1.47 bits per heavy atom. The Balaban J connectivity index is 3.46. The van der Waals surface area contributed by atoms with E-state index in [9.17, 15) is 13.2 Å². The zero-order chi connectivity index (χ0) is 14.6. The Hall–Kier alpha value is -1.03. The number of halogens is 3. The largest absolute Gasteiger partial charge is 0.407 e. The van der Waals surface area contributed by atoms with Crippen LogP contribution in [-0.4, -0.2) is 13.2 Å². The molecule has 108 valence electrons. The molecular weight excluding hydrogens is 251 g/mol. The monoisotopic (exact) mass is 273 g/mol. The Morgan fingerprint density at radius 3 is 1.74 bits per heavy atom. The topological polar surface area (TPSA) is 12.0 Å². The van der Waals surface area contributed by atoms with Crippen molar-refractivity contribution in [2.24, 2.45) is 0 Å². The Morgan fingerprint density at radius 1 is 1.00 bits per heavy atom. The second-order valence-electron chi connectivity index (χ2n) is 4.65. The van der Waals surface area contributed by atoms with Gasteiger partial charge in [0.15, 0.2) is 0 Å². The average molecular weight is 273 g/mol. The molecule has 0 aliphatic heterocycles. The van der Waals surface area contributed by atoms with Crippen molar-refractivity contribution < 1.29 is 13.2 Å². The van der Waals surface area contributed by atoms with E-state index in [1.54, 1.807) is 0 Å². The fourth-order valence-electron chi connectivity index (χ4n) is 2.48. The number of alkyl halides is 3. The van der Waals surface area contributed by atoms with Crippen molar-refractivity contribution in [2.75, 3.05) is 7.05 Å². The van der Waals surface area contributed by atoms with Crippen LogP contribution in [0.1, 0.15) is 49.1 Å². The maximum atomic E-state index is 13.2. The molecule has 1 aromatic carbocycles. The van der Waals surface area contributed by atoms with Crippen LogP contribution >= 0.6 is 0 Å². The number of rotatable bonds is 5. The van der Waals surface area contributed by atoms with Crippen LogP contribution in [0.15, 0.2) is 12.1 Å². The smallest absolute Gasteiger partial charge is 0.306 e. The summed E-state index contributed by atoms with van der Waals surface area (Å²) in [6, 6.07) is 2.23. The third kappa shape index (κ3) is 3.50. The summed E-state index contributed by atoms with van der Waals surface area (Å²) in [5.41, 5.74) is 3.12. The maximum Gasteiger partial charge on any atom is 0.407 e. The molecule has 0 aromatic heterocycles. The SMILES string of the molecule is CCc1cc(CC)c(C(NC)C(F)(F)F)c(CC)c1. The lowest BCUT2D eigenvalue weighted by Crippen LogP contribution is -2.33. The normalized spacial score (nSPS) is 13.6. The molecular formula is C15H22F3N. The molecule has 0 aliphatic carbocycles. The Kier molecular flexibility index (Phi) is 5.41. The van der Waals surface area contributed by atoms with Crippen LogP contribution < -0.4 is 5.32 Å². The minimum absolute atomic E-state index is 0.414. The summed E-state index contributed by atoms with van der Waals surface area (Å²) in [4.78, 5) is 0. The molecule has 1 aromatic rings. The molecule has 0 heterocycles.